The van der Waals surface area contributed by atoms with E-state index >= 15 is 0 Å². The molecule has 14 nitrogen and oxygen atoms in total. The fourth-order valence-corrected chi connectivity index (χ4v) is 7.81. The molecule has 0 saturated carbocycles. The minimum absolute atomic E-state index is 0.104. The van der Waals surface area contributed by atoms with Gasteiger partial charge in [0.25, 0.3) is 0 Å². The van der Waals surface area contributed by atoms with Crippen LogP contribution in [0.2, 0.25) is 5.02 Å². The highest BCUT2D eigenvalue weighted by Crippen LogP contribution is 2.46. The molecular weight excluding hydrogens is 828 g/mol. The summed E-state index contributed by atoms with van der Waals surface area (Å²) in [5.74, 6) is 1.38. The maximum absolute atomic E-state index is 12.9. The molecule has 1 aliphatic heterocycles. The lowest BCUT2D eigenvalue weighted by Gasteiger charge is -2.33. The van der Waals surface area contributed by atoms with E-state index in [2.05, 4.69) is 43.2 Å². The van der Waals surface area contributed by atoms with Crippen molar-refractivity contribution in [2.24, 2.45) is 11.7 Å². The lowest BCUT2D eigenvalue weighted by molar-refractivity contribution is -0.139. The zero-order valence-electron chi connectivity index (χ0n) is 38.6. The molecule has 63 heavy (non-hydrogen) atoms. The summed E-state index contributed by atoms with van der Waals surface area (Å²) < 4.78 is 43.1. The minimum Gasteiger partial charge on any atom is -0.493 e. The van der Waals surface area contributed by atoms with Gasteiger partial charge in [-0.3, -0.25) is 0 Å². The first-order valence-corrected chi connectivity index (χ1v) is 21.2. The van der Waals surface area contributed by atoms with Crippen molar-refractivity contribution in [3.63, 3.8) is 0 Å². The molecule has 1 heterocycles. The van der Waals surface area contributed by atoms with Crippen molar-refractivity contribution in [3.8, 4) is 34.8 Å². The van der Waals surface area contributed by atoms with Gasteiger partial charge in [-0.2, -0.15) is 5.26 Å². The molecule has 0 aliphatic carbocycles. The van der Waals surface area contributed by atoms with Gasteiger partial charge < -0.3 is 53.8 Å². The highest BCUT2D eigenvalue weighted by Gasteiger charge is 2.40. The molecule has 0 saturated heterocycles. The molecule has 1 aliphatic rings. The molecule has 0 amide bonds. The van der Waals surface area contributed by atoms with Gasteiger partial charge in [0, 0.05) is 23.8 Å². The van der Waals surface area contributed by atoms with Crippen LogP contribution in [0.15, 0.2) is 77.1 Å². The van der Waals surface area contributed by atoms with Crippen LogP contribution in [-0.2, 0) is 35.6 Å². The molecule has 344 valence electrons. The van der Waals surface area contributed by atoms with Crippen molar-refractivity contribution in [1.82, 2.24) is 10.2 Å². The standard InChI is InChI=1S/C28H40N2O5.C20H25ClN2O5/c1-20(2)28(19-29,22-17-25(33-6)27(35-8)26(18-22)34-7)13-9-14-30(3)15-12-21-10-11-23(31-4)24(16-21)32-5;1-4-28-20(25)18-15(11-27-10-9-22)23-12(2)16(19(24)26-3)17(18)13-7-5-6-8-14(13)21/h10-11,16-18,20H,9,12-15H2,1-8H3;5-8,17,23H,4,9-11,22H2,1-3H3. The van der Waals surface area contributed by atoms with Gasteiger partial charge in [0.2, 0.25) is 5.75 Å². The molecule has 3 N–H and O–H groups in total. The van der Waals surface area contributed by atoms with E-state index in [4.69, 9.17) is 55.2 Å². The van der Waals surface area contributed by atoms with Crippen molar-refractivity contribution in [2.45, 2.75) is 58.3 Å². The summed E-state index contributed by atoms with van der Waals surface area (Å²) in [6.45, 7) is 10.4. The van der Waals surface area contributed by atoms with E-state index in [1.165, 1.54) is 12.7 Å². The quantitative estimate of drug-likeness (QED) is 0.0756. The zero-order valence-corrected chi connectivity index (χ0v) is 39.4. The Morgan fingerprint density at radius 1 is 0.889 bits per heavy atom. The number of nitrogens with zero attached hydrogens (tertiary/aromatic N) is 2. The molecule has 0 bridgehead atoms. The Labute approximate surface area is 378 Å². The van der Waals surface area contributed by atoms with E-state index in [9.17, 15) is 14.9 Å². The van der Waals surface area contributed by atoms with Crippen molar-refractivity contribution >= 4 is 23.5 Å². The number of nitrogens with one attached hydrogen (secondary N) is 1. The second-order valence-corrected chi connectivity index (χ2v) is 15.5. The predicted molar refractivity (Wildman–Crippen MR) is 244 cm³/mol. The van der Waals surface area contributed by atoms with Crippen molar-refractivity contribution in [1.29, 1.82) is 5.26 Å². The molecule has 3 aromatic rings. The molecular formula is C48H65ClN4O10. The van der Waals surface area contributed by atoms with Crippen molar-refractivity contribution < 1.29 is 47.5 Å². The number of methoxy groups -OCH3 is 6. The average molecular weight is 894 g/mol. The molecule has 4 rings (SSSR count). The molecule has 3 aromatic carbocycles. The third kappa shape index (κ3) is 13.0. The Morgan fingerprint density at radius 3 is 2.08 bits per heavy atom. The van der Waals surface area contributed by atoms with E-state index in [1.807, 2.05) is 24.3 Å². The van der Waals surface area contributed by atoms with Gasteiger partial charge in [0.1, 0.15) is 0 Å². The van der Waals surface area contributed by atoms with E-state index in [-0.39, 0.29) is 24.7 Å². The molecule has 0 radical (unpaired) electrons. The normalized spacial score (nSPS) is 14.5. The van der Waals surface area contributed by atoms with Crippen LogP contribution in [0, 0.1) is 17.2 Å². The number of ether oxygens (including phenoxy) is 8. The maximum Gasteiger partial charge on any atom is 0.336 e. The number of benzene rings is 3. The molecule has 0 fully saturated rings. The number of likely N-dealkylation sites (N-methyl/N-ethyl adjacent to an activating group) is 1. The van der Waals surface area contributed by atoms with Crippen LogP contribution < -0.4 is 34.7 Å². The number of esters is 2. The SMILES string of the molecule is CCOC(=O)C1=C(COCCN)NC(C)=C(C(=O)OC)C1c1ccccc1Cl.COc1ccc(CCN(C)CCCC(C#N)(c2cc(OC)c(OC)c(OC)c2)C(C)C)cc1OC. The van der Waals surface area contributed by atoms with Crippen LogP contribution in [0.3, 0.4) is 0 Å². The van der Waals surface area contributed by atoms with Gasteiger partial charge in [-0.1, -0.05) is 49.7 Å². The van der Waals surface area contributed by atoms with Crippen LogP contribution in [0.1, 0.15) is 63.1 Å². The second kappa shape index (κ2) is 25.6. The number of nitriles is 1. The van der Waals surface area contributed by atoms with Crippen LogP contribution in [0.5, 0.6) is 28.7 Å². The first kappa shape index (κ1) is 51.9. The fraction of sp³-hybridized carbons (Fsp3) is 0.479. The summed E-state index contributed by atoms with van der Waals surface area (Å²) in [5, 5.41) is 13.9. The van der Waals surface area contributed by atoms with Gasteiger partial charge >= 0.3 is 11.9 Å². The van der Waals surface area contributed by atoms with E-state index in [0.717, 1.165) is 49.4 Å². The number of allylic oxidation sites excluding steroid dienone is 1. The van der Waals surface area contributed by atoms with Crippen molar-refractivity contribution in [2.75, 3.05) is 89.2 Å². The number of hydrogen-bond donors (Lipinski definition) is 2. The van der Waals surface area contributed by atoms with Crippen LogP contribution in [-0.4, -0.2) is 106 Å². The number of carbonyl (C=O) groups excluding carboxylic acids is 2. The third-order valence-electron chi connectivity index (χ3n) is 11.0. The number of rotatable bonds is 22. The number of nitrogens with two attached hydrogens (primary N) is 1. The van der Waals surface area contributed by atoms with E-state index in [0.29, 0.717) is 58.0 Å². The second-order valence-electron chi connectivity index (χ2n) is 15.1. The zero-order chi connectivity index (χ0) is 46.7. The average Bonchev–Trinajstić information content (AvgIpc) is 3.29. The minimum atomic E-state index is -0.752. The van der Waals surface area contributed by atoms with Gasteiger partial charge in [-0.25, -0.2) is 9.59 Å². The highest BCUT2D eigenvalue weighted by molar-refractivity contribution is 6.31. The lowest BCUT2D eigenvalue weighted by Crippen LogP contribution is -2.35. The number of carbonyl (C=O) groups is 2. The Kier molecular flexibility index (Phi) is 21.1. The molecule has 2 atom stereocenters. The number of hydrogen-bond acceptors (Lipinski definition) is 14. The highest BCUT2D eigenvalue weighted by atomic mass is 35.5. The van der Waals surface area contributed by atoms with Crippen LogP contribution in [0.4, 0.5) is 0 Å². The number of halogens is 1. The van der Waals surface area contributed by atoms with Crippen LogP contribution in [0.25, 0.3) is 0 Å². The van der Waals surface area contributed by atoms with Gasteiger partial charge in [-0.05, 0) is 99.6 Å². The third-order valence-corrected chi connectivity index (χ3v) is 11.3. The monoisotopic (exact) mass is 892 g/mol. The lowest BCUT2D eigenvalue weighted by atomic mass is 9.69. The summed E-state index contributed by atoms with van der Waals surface area (Å²) >= 11 is 6.42. The predicted octanol–water partition coefficient (Wildman–Crippen LogP) is 7.37. The molecule has 15 heteroatoms. The Bertz CT molecular complexity index is 2070. The largest absolute Gasteiger partial charge is 0.493 e. The van der Waals surface area contributed by atoms with E-state index in [1.54, 1.807) is 73.7 Å². The Balaban J connectivity index is 0.000000344. The fourth-order valence-electron chi connectivity index (χ4n) is 7.57. The maximum atomic E-state index is 12.9. The van der Waals surface area contributed by atoms with Gasteiger partial charge in [-0.15, -0.1) is 0 Å². The van der Waals surface area contributed by atoms with Gasteiger partial charge in [0.05, 0.1) is 96.7 Å². The topological polar surface area (TPSA) is 173 Å². The smallest absolute Gasteiger partial charge is 0.336 e. The number of dihydropyridines is 1. The molecule has 0 aromatic heterocycles. The van der Waals surface area contributed by atoms with Crippen LogP contribution >= 0.6 is 11.6 Å². The first-order chi connectivity index (χ1) is 30.2. The van der Waals surface area contributed by atoms with Crippen molar-refractivity contribution in [3.05, 3.63) is 98.9 Å². The Morgan fingerprint density at radius 2 is 1.54 bits per heavy atom. The Hall–Kier alpha value is -5.46. The van der Waals surface area contributed by atoms with Gasteiger partial charge in [0.15, 0.2) is 23.0 Å². The summed E-state index contributed by atoms with van der Waals surface area (Å²) in [7, 11) is 11.5. The first-order valence-electron chi connectivity index (χ1n) is 20.9. The molecule has 0 spiro atoms. The summed E-state index contributed by atoms with van der Waals surface area (Å²) in [6.07, 6.45) is 2.50. The summed E-state index contributed by atoms with van der Waals surface area (Å²) in [5.41, 5.74) is 9.11. The summed E-state index contributed by atoms with van der Waals surface area (Å²) in [4.78, 5) is 27.8. The summed E-state index contributed by atoms with van der Waals surface area (Å²) in [6, 6.07) is 19.5. The molecule has 2 unspecified atom stereocenters. The van der Waals surface area contributed by atoms with E-state index < -0.39 is 23.3 Å².